The zero-order chi connectivity index (χ0) is 10.7. The van der Waals surface area contributed by atoms with Gasteiger partial charge in [-0.1, -0.05) is 12.1 Å². The third-order valence-electron chi connectivity index (χ3n) is 3.07. The van der Waals surface area contributed by atoms with Crippen LogP contribution >= 0.6 is 35.0 Å². The summed E-state index contributed by atoms with van der Waals surface area (Å²) in [5, 5.41) is 12.7. The molecule has 2 nitrogen and oxygen atoms in total. The molecule has 0 aromatic heterocycles. The molecule has 1 aromatic rings. The minimum atomic E-state index is -0.254. The van der Waals surface area contributed by atoms with Gasteiger partial charge in [-0.25, -0.2) is 0 Å². The topological polar surface area (TPSA) is 35.8 Å². The van der Waals surface area contributed by atoms with Crippen LogP contribution < -0.4 is 5.32 Å². The Labute approximate surface area is 116 Å². The summed E-state index contributed by atoms with van der Waals surface area (Å²) in [4.78, 5) is 0. The second-order valence-electron chi connectivity index (χ2n) is 3.95. The maximum atomic E-state index is 9.38. The number of nitrogens with one attached hydrogen (secondary N) is 1. The van der Waals surface area contributed by atoms with Crippen molar-refractivity contribution < 1.29 is 0 Å². The molecule has 86 valence electrons. The van der Waals surface area contributed by atoms with E-state index in [1.807, 2.05) is 0 Å². The summed E-state index contributed by atoms with van der Waals surface area (Å²) in [5.74, 6) is 0. The lowest BCUT2D eigenvalue weighted by atomic mass is 9.74. The maximum Gasteiger partial charge on any atom is 0.0846 e. The quantitative estimate of drug-likeness (QED) is 0.792. The van der Waals surface area contributed by atoms with Crippen molar-refractivity contribution in [1.82, 2.24) is 5.32 Å². The highest BCUT2D eigenvalue weighted by atomic mass is 127. The molecule has 1 aliphatic heterocycles. The Morgan fingerprint density at radius 2 is 1.75 bits per heavy atom. The highest BCUT2D eigenvalue weighted by Gasteiger charge is 2.33. The van der Waals surface area contributed by atoms with Gasteiger partial charge in [0, 0.05) is 3.57 Å². The van der Waals surface area contributed by atoms with Crippen LogP contribution in [0.4, 0.5) is 0 Å². The molecular formula is C12H14ClIN2. The number of hydrogen-bond acceptors (Lipinski definition) is 2. The van der Waals surface area contributed by atoms with Gasteiger partial charge < -0.3 is 5.32 Å². The van der Waals surface area contributed by atoms with E-state index in [2.05, 4.69) is 58.2 Å². The van der Waals surface area contributed by atoms with Crippen molar-refractivity contribution in [2.75, 3.05) is 13.1 Å². The lowest BCUT2D eigenvalue weighted by Gasteiger charge is -2.31. The summed E-state index contributed by atoms with van der Waals surface area (Å²) in [7, 11) is 0. The second kappa shape index (κ2) is 5.85. The highest BCUT2D eigenvalue weighted by molar-refractivity contribution is 14.1. The van der Waals surface area contributed by atoms with Gasteiger partial charge in [0.2, 0.25) is 0 Å². The monoisotopic (exact) mass is 348 g/mol. The summed E-state index contributed by atoms with van der Waals surface area (Å²) < 4.78 is 1.22. The second-order valence-corrected chi connectivity index (χ2v) is 5.20. The van der Waals surface area contributed by atoms with Crippen molar-refractivity contribution in [1.29, 1.82) is 5.26 Å². The van der Waals surface area contributed by atoms with Crippen LogP contribution in [0.3, 0.4) is 0 Å². The van der Waals surface area contributed by atoms with E-state index in [1.165, 1.54) is 9.13 Å². The molecule has 1 fully saturated rings. The number of benzene rings is 1. The van der Waals surface area contributed by atoms with E-state index in [-0.39, 0.29) is 17.8 Å². The average molecular weight is 349 g/mol. The van der Waals surface area contributed by atoms with Gasteiger partial charge in [0.25, 0.3) is 0 Å². The first-order chi connectivity index (χ1) is 7.27. The van der Waals surface area contributed by atoms with Gasteiger partial charge in [0.1, 0.15) is 0 Å². The van der Waals surface area contributed by atoms with Crippen LogP contribution in [0.15, 0.2) is 24.3 Å². The largest absolute Gasteiger partial charge is 0.317 e. The van der Waals surface area contributed by atoms with Crippen molar-refractivity contribution in [2.45, 2.75) is 18.3 Å². The zero-order valence-corrected chi connectivity index (χ0v) is 11.8. The van der Waals surface area contributed by atoms with Crippen LogP contribution in [0.1, 0.15) is 18.4 Å². The van der Waals surface area contributed by atoms with Crippen LogP contribution in [0, 0.1) is 14.9 Å². The molecule has 0 atom stereocenters. The molecular weight excluding hydrogens is 335 g/mol. The SMILES string of the molecule is Cl.N#CC1(c2ccc(I)cc2)CCNCC1. The van der Waals surface area contributed by atoms with Gasteiger partial charge >= 0.3 is 0 Å². The van der Waals surface area contributed by atoms with Crippen molar-refractivity contribution in [3.05, 3.63) is 33.4 Å². The predicted molar refractivity (Wildman–Crippen MR) is 75.8 cm³/mol. The summed E-state index contributed by atoms with van der Waals surface area (Å²) in [6.45, 7) is 1.89. The molecule has 16 heavy (non-hydrogen) atoms. The molecule has 1 aromatic carbocycles. The first kappa shape index (κ1) is 13.8. The Hall–Kier alpha value is -0.310. The Morgan fingerprint density at radius 1 is 1.19 bits per heavy atom. The van der Waals surface area contributed by atoms with Crippen LogP contribution in [0.2, 0.25) is 0 Å². The fraction of sp³-hybridized carbons (Fsp3) is 0.417. The van der Waals surface area contributed by atoms with Crippen molar-refractivity contribution in [2.24, 2.45) is 0 Å². The lowest BCUT2D eigenvalue weighted by Crippen LogP contribution is -2.38. The third-order valence-corrected chi connectivity index (χ3v) is 3.79. The first-order valence-corrected chi connectivity index (χ1v) is 6.23. The minimum absolute atomic E-state index is 0. The third kappa shape index (κ3) is 2.68. The molecule has 0 amide bonds. The number of nitriles is 1. The molecule has 1 aliphatic rings. The molecule has 2 rings (SSSR count). The van der Waals surface area contributed by atoms with E-state index in [0.717, 1.165) is 25.9 Å². The Kier molecular flexibility index (Phi) is 5.03. The molecule has 0 aliphatic carbocycles. The average Bonchev–Trinajstić information content (AvgIpc) is 2.31. The highest BCUT2D eigenvalue weighted by Crippen LogP contribution is 2.32. The van der Waals surface area contributed by atoms with Crippen LogP contribution in [-0.4, -0.2) is 13.1 Å². The number of rotatable bonds is 1. The van der Waals surface area contributed by atoms with E-state index in [1.54, 1.807) is 0 Å². The summed E-state index contributed by atoms with van der Waals surface area (Å²) in [6.07, 6.45) is 1.84. The zero-order valence-electron chi connectivity index (χ0n) is 8.87. The standard InChI is InChI=1S/C12H13IN2.ClH/c13-11-3-1-10(2-4-11)12(9-14)5-7-15-8-6-12;/h1-4,15H,5-8H2;1H. The van der Waals surface area contributed by atoms with Crippen molar-refractivity contribution in [3.8, 4) is 6.07 Å². The molecule has 1 saturated heterocycles. The van der Waals surface area contributed by atoms with E-state index >= 15 is 0 Å². The fourth-order valence-electron chi connectivity index (χ4n) is 2.09. The van der Waals surface area contributed by atoms with Gasteiger partial charge in [-0.2, -0.15) is 5.26 Å². The normalized spacial score (nSPS) is 18.2. The molecule has 0 spiro atoms. The summed E-state index contributed by atoms with van der Waals surface area (Å²) in [5.41, 5.74) is 0.919. The molecule has 0 unspecified atom stereocenters. The van der Waals surface area contributed by atoms with Gasteiger partial charge in [-0.15, -0.1) is 12.4 Å². The number of nitrogens with zero attached hydrogens (tertiary/aromatic N) is 1. The van der Waals surface area contributed by atoms with Crippen LogP contribution in [-0.2, 0) is 5.41 Å². The van der Waals surface area contributed by atoms with E-state index in [0.29, 0.717) is 0 Å². The first-order valence-electron chi connectivity index (χ1n) is 5.15. The molecule has 1 heterocycles. The molecule has 4 heteroatoms. The van der Waals surface area contributed by atoms with Gasteiger partial charge in [0.05, 0.1) is 11.5 Å². The lowest BCUT2D eigenvalue weighted by molar-refractivity contribution is 0.382. The van der Waals surface area contributed by atoms with E-state index in [4.69, 9.17) is 0 Å². The van der Waals surface area contributed by atoms with E-state index in [9.17, 15) is 5.26 Å². The minimum Gasteiger partial charge on any atom is -0.317 e. The Balaban J connectivity index is 0.00000128. The van der Waals surface area contributed by atoms with E-state index < -0.39 is 0 Å². The van der Waals surface area contributed by atoms with Gasteiger partial charge in [-0.3, -0.25) is 0 Å². The smallest absolute Gasteiger partial charge is 0.0846 e. The Bertz CT molecular complexity index is 377. The maximum absolute atomic E-state index is 9.38. The molecule has 1 N–H and O–H groups in total. The number of piperidine rings is 1. The van der Waals surface area contributed by atoms with Gasteiger partial charge in [0.15, 0.2) is 0 Å². The molecule has 0 radical (unpaired) electrons. The number of halogens is 2. The summed E-state index contributed by atoms with van der Waals surface area (Å²) in [6, 6.07) is 10.9. The Morgan fingerprint density at radius 3 is 2.25 bits per heavy atom. The van der Waals surface area contributed by atoms with Crippen LogP contribution in [0.5, 0.6) is 0 Å². The molecule has 0 saturated carbocycles. The summed E-state index contributed by atoms with van der Waals surface area (Å²) >= 11 is 2.29. The van der Waals surface area contributed by atoms with Crippen LogP contribution in [0.25, 0.3) is 0 Å². The predicted octanol–water partition coefficient (Wildman–Crippen LogP) is 2.86. The van der Waals surface area contributed by atoms with Crippen molar-refractivity contribution in [3.63, 3.8) is 0 Å². The van der Waals surface area contributed by atoms with Crippen molar-refractivity contribution >= 4 is 35.0 Å². The molecule has 0 bridgehead atoms. The fourth-order valence-corrected chi connectivity index (χ4v) is 2.45. The number of hydrogen-bond donors (Lipinski definition) is 1. The van der Waals surface area contributed by atoms with Gasteiger partial charge in [-0.05, 0) is 66.2 Å².